The van der Waals surface area contributed by atoms with E-state index in [1.54, 1.807) is 0 Å². The Morgan fingerprint density at radius 2 is 1.67 bits per heavy atom. The van der Waals surface area contributed by atoms with E-state index in [-0.39, 0.29) is 34.0 Å². The van der Waals surface area contributed by atoms with Crippen LogP contribution in [0.5, 0.6) is 23.0 Å². The van der Waals surface area contributed by atoms with E-state index in [1.165, 1.54) is 24.3 Å². The maximum Gasteiger partial charge on any atom is 0.238 e. The monoisotopic (exact) mass is 418 g/mol. The highest BCUT2D eigenvalue weighted by molar-refractivity contribution is 5.88. The van der Waals surface area contributed by atoms with Crippen LogP contribution in [0.2, 0.25) is 0 Å². The van der Waals surface area contributed by atoms with Crippen LogP contribution in [0.1, 0.15) is 0 Å². The van der Waals surface area contributed by atoms with Gasteiger partial charge in [-0.15, -0.1) is 0 Å². The van der Waals surface area contributed by atoms with Crippen molar-refractivity contribution in [2.75, 3.05) is 6.61 Å². The second-order valence-electron chi connectivity index (χ2n) is 6.80. The van der Waals surface area contributed by atoms with E-state index in [0.717, 1.165) is 12.1 Å². The number of phenolic OH excluding ortho intramolecular Hbond substituents is 2. The van der Waals surface area contributed by atoms with Gasteiger partial charge in [-0.3, -0.25) is 4.79 Å². The van der Waals surface area contributed by atoms with E-state index in [9.17, 15) is 35.4 Å². The van der Waals surface area contributed by atoms with Gasteiger partial charge in [0, 0.05) is 17.7 Å². The number of benzene rings is 2. The molecule has 6 N–H and O–H groups in total. The summed E-state index contributed by atoms with van der Waals surface area (Å²) in [5.41, 5.74) is -0.692. The number of hydrogen-bond donors (Lipinski definition) is 6. The van der Waals surface area contributed by atoms with Crippen molar-refractivity contribution in [2.24, 2.45) is 0 Å². The molecular weight excluding hydrogens is 400 g/mol. The van der Waals surface area contributed by atoms with Crippen LogP contribution < -0.4 is 10.2 Å². The Morgan fingerprint density at radius 3 is 2.30 bits per heavy atom. The molecule has 0 bridgehead atoms. The molecule has 2 aromatic carbocycles. The molecule has 158 valence electrons. The Hall–Kier alpha value is -3.31. The quantitative estimate of drug-likeness (QED) is 0.348. The fraction of sp³-hybridized carbons (Fsp3) is 0.250. The zero-order valence-electron chi connectivity index (χ0n) is 15.3. The first kappa shape index (κ1) is 20.0. The fourth-order valence-corrected chi connectivity index (χ4v) is 3.25. The maximum atomic E-state index is 12.8. The van der Waals surface area contributed by atoms with Gasteiger partial charge < -0.3 is 44.5 Å². The molecule has 1 aliphatic rings. The lowest BCUT2D eigenvalue weighted by Crippen LogP contribution is -2.35. The van der Waals surface area contributed by atoms with Crippen molar-refractivity contribution in [3.63, 3.8) is 0 Å². The summed E-state index contributed by atoms with van der Waals surface area (Å²) < 4.78 is 16.3. The Labute approximate surface area is 168 Å². The molecule has 0 amide bonds. The standard InChI is InChI=1S/C20H18O10/c21-7-13-15(24)18(27)20(30-13)29-12-6-10(23)5-11-14(12)16(25)17(26)19(28-11)8-1-3-9(22)4-2-8/h1-6,13,15,18,20-24,26-27H,7H2/t13-,15-,18+,20-/m1/s1. The van der Waals surface area contributed by atoms with E-state index in [2.05, 4.69) is 0 Å². The molecular formula is C20H18O10. The zero-order valence-corrected chi connectivity index (χ0v) is 15.3. The van der Waals surface area contributed by atoms with Gasteiger partial charge in [-0.25, -0.2) is 0 Å². The molecule has 0 unspecified atom stereocenters. The van der Waals surface area contributed by atoms with Crippen molar-refractivity contribution in [3.05, 3.63) is 46.6 Å². The van der Waals surface area contributed by atoms with Gasteiger partial charge in [-0.05, 0) is 24.3 Å². The molecule has 1 saturated heterocycles. The number of aliphatic hydroxyl groups is 3. The minimum absolute atomic E-state index is 0.0202. The van der Waals surface area contributed by atoms with Gasteiger partial charge in [-0.1, -0.05) is 0 Å². The molecule has 30 heavy (non-hydrogen) atoms. The molecule has 10 heteroatoms. The predicted molar refractivity (Wildman–Crippen MR) is 101 cm³/mol. The van der Waals surface area contributed by atoms with Crippen LogP contribution in [0.3, 0.4) is 0 Å². The first-order valence-corrected chi connectivity index (χ1v) is 8.91. The average molecular weight is 418 g/mol. The molecule has 2 heterocycles. The Bertz CT molecular complexity index is 1140. The third kappa shape index (κ3) is 3.31. The summed E-state index contributed by atoms with van der Waals surface area (Å²) in [6.07, 6.45) is -5.49. The van der Waals surface area contributed by atoms with Crippen LogP contribution in [-0.2, 0) is 4.74 Å². The summed E-state index contributed by atoms with van der Waals surface area (Å²) in [6, 6.07) is 7.75. The number of aromatic hydroxyl groups is 3. The summed E-state index contributed by atoms with van der Waals surface area (Å²) in [5, 5.41) is 58.7. The van der Waals surface area contributed by atoms with Crippen molar-refractivity contribution in [1.82, 2.24) is 0 Å². The van der Waals surface area contributed by atoms with Gasteiger partial charge in [0.25, 0.3) is 0 Å². The molecule has 1 aliphatic heterocycles. The van der Waals surface area contributed by atoms with Gasteiger partial charge >= 0.3 is 0 Å². The Morgan fingerprint density at radius 1 is 0.967 bits per heavy atom. The minimum atomic E-state index is -1.53. The van der Waals surface area contributed by atoms with Crippen molar-refractivity contribution >= 4 is 11.0 Å². The van der Waals surface area contributed by atoms with Crippen LogP contribution >= 0.6 is 0 Å². The molecule has 4 atom stereocenters. The highest BCUT2D eigenvalue weighted by Crippen LogP contribution is 2.37. The molecule has 0 aliphatic carbocycles. The van der Waals surface area contributed by atoms with Crippen LogP contribution in [0.15, 0.2) is 45.6 Å². The summed E-state index contributed by atoms with van der Waals surface area (Å²) in [5.74, 6) is -1.54. The SMILES string of the molecule is O=c1c(O)c(-c2ccc(O)cc2)oc2cc(O)cc(O[C@@H]3O[C@H](CO)[C@@H](O)[C@@H]3O)c12. The highest BCUT2D eigenvalue weighted by atomic mass is 16.7. The Balaban J connectivity index is 1.81. The first-order valence-electron chi connectivity index (χ1n) is 8.91. The van der Waals surface area contributed by atoms with Gasteiger partial charge in [-0.2, -0.15) is 0 Å². The molecule has 3 aromatic rings. The number of phenols is 2. The van der Waals surface area contributed by atoms with Gasteiger partial charge in [0.2, 0.25) is 17.5 Å². The largest absolute Gasteiger partial charge is 0.508 e. The van der Waals surface area contributed by atoms with Crippen LogP contribution in [0.25, 0.3) is 22.3 Å². The second kappa shape index (κ2) is 7.50. The minimum Gasteiger partial charge on any atom is -0.508 e. The first-order chi connectivity index (χ1) is 14.3. The summed E-state index contributed by atoms with van der Waals surface area (Å²) in [6.45, 7) is -0.572. The lowest BCUT2D eigenvalue weighted by molar-refractivity contribution is -0.116. The lowest BCUT2D eigenvalue weighted by Gasteiger charge is -2.18. The van der Waals surface area contributed by atoms with Crippen LogP contribution in [0, 0.1) is 0 Å². The molecule has 1 aromatic heterocycles. The predicted octanol–water partition coefficient (Wildman–Crippen LogP) is 0.395. The molecule has 0 spiro atoms. The number of rotatable bonds is 4. The lowest BCUT2D eigenvalue weighted by atomic mass is 10.1. The van der Waals surface area contributed by atoms with Gasteiger partial charge in [0.15, 0.2) is 5.76 Å². The molecule has 10 nitrogen and oxygen atoms in total. The Kier molecular flexibility index (Phi) is 5.00. The smallest absolute Gasteiger partial charge is 0.238 e. The third-order valence-corrected chi connectivity index (χ3v) is 4.79. The maximum absolute atomic E-state index is 12.8. The summed E-state index contributed by atoms with van der Waals surface area (Å²) in [7, 11) is 0. The number of fused-ring (bicyclic) bond motifs is 1. The van der Waals surface area contributed by atoms with Crippen LogP contribution in [0.4, 0.5) is 0 Å². The van der Waals surface area contributed by atoms with Crippen molar-refractivity contribution in [1.29, 1.82) is 0 Å². The van der Waals surface area contributed by atoms with Crippen molar-refractivity contribution < 1.29 is 44.5 Å². The highest BCUT2D eigenvalue weighted by Gasteiger charge is 2.44. The van der Waals surface area contributed by atoms with E-state index < -0.39 is 42.4 Å². The molecule has 4 rings (SSSR count). The number of aliphatic hydroxyl groups excluding tert-OH is 3. The summed E-state index contributed by atoms with van der Waals surface area (Å²) >= 11 is 0. The van der Waals surface area contributed by atoms with E-state index in [1.807, 2.05) is 0 Å². The number of hydrogen-bond acceptors (Lipinski definition) is 10. The van der Waals surface area contributed by atoms with Crippen LogP contribution in [-0.4, -0.2) is 61.8 Å². The normalized spacial score (nSPS) is 23.7. The van der Waals surface area contributed by atoms with E-state index in [0.29, 0.717) is 5.56 Å². The van der Waals surface area contributed by atoms with Crippen molar-refractivity contribution in [3.8, 4) is 34.3 Å². The zero-order chi connectivity index (χ0) is 21.6. The second-order valence-corrected chi connectivity index (χ2v) is 6.80. The molecule has 1 fully saturated rings. The average Bonchev–Trinajstić information content (AvgIpc) is 2.99. The van der Waals surface area contributed by atoms with Gasteiger partial charge in [0.05, 0.1) is 6.61 Å². The van der Waals surface area contributed by atoms with E-state index >= 15 is 0 Å². The topological polar surface area (TPSA) is 170 Å². The van der Waals surface area contributed by atoms with Gasteiger partial charge in [0.1, 0.15) is 46.5 Å². The summed E-state index contributed by atoms with van der Waals surface area (Å²) in [4.78, 5) is 12.8. The molecule has 0 saturated carbocycles. The molecule has 0 radical (unpaired) electrons. The third-order valence-electron chi connectivity index (χ3n) is 4.79. The van der Waals surface area contributed by atoms with Crippen molar-refractivity contribution in [2.45, 2.75) is 24.6 Å². The fourth-order valence-electron chi connectivity index (χ4n) is 3.25. The number of ether oxygens (including phenoxy) is 2. The van der Waals surface area contributed by atoms with E-state index in [4.69, 9.17) is 13.9 Å².